The number of nitrogens with one attached hydrogen (secondary N) is 1. The molecule has 34 heavy (non-hydrogen) atoms. The van der Waals surface area contributed by atoms with E-state index in [1.807, 2.05) is 13.0 Å². The third kappa shape index (κ3) is 5.12. The number of carbonyl (C=O) groups excluding carboxylic acids is 1. The number of para-hydroxylation sites is 1. The van der Waals surface area contributed by atoms with Crippen LogP contribution in [0.4, 0.5) is 11.4 Å². The van der Waals surface area contributed by atoms with Crippen molar-refractivity contribution in [3.8, 4) is 5.69 Å². The molecule has 1 amide bonds. The van der Waals surface area contributed by atoms with Crippen LogP contribution < -0.4 is 9.62 Å². The normalized spacial score (nSPS) is 11.2. The average Bonchev–Trinajstić information content (AvgIpc) is 3.40. The Morgan fingerprint density at radius 2 is 1.76 bits per heavy atom. The van der Waals surface area contributed by atoms with Crippen molar-refractivity contribution in [2.24, 2.45) is 0 Å². The quantitative estimate of drug-likeness (QED) is 0.392. The maximum atomic E-state index is 13.5. The Labute approximate surface area is 198 Å². The predicted octanol–water partition coefficient (Wildman–Crippen LogP) is 3.91. The van der Waals surface area contributed by atoms with Crippen LogP contribution in [-0.4, -0.2) is 41.1 Å². The summed E-state index contributed by atoms with van der Waals surface area (Å²) in [5.41, 5.74) is 2.13. The number of nitrogens with zero attached hydrogens (tertiary/aromatic N) is 5. The summed E-state index contributed by atoms with van der Waals surface area (Å²) < 4.78 is 29.9. The first kappa shape index (κ1) is 23.1. The summed E-state index contributed by atoms with van der Waals surface area (Å²) in [4.78, 5) is 12.9. The molecule has 0 saturated carbocycles. The second-order valence-electron chi connectivity index (χ2n) is 7.55. The minimum atomic E-state index is -3.85. The standard InChI is InChI=1S/C24H24N6O3S/c1-2-3-16-30(22-9-5-4-6-10-22)34(32,33)23-11-7-8-19(17-23)24(31)26-20-12-14-21(15-13-20)29-18-25-27-28-29/h4-15,17-18H,2-3,16H2,1H3,(H,26,31). The molecule has 0 radical (unpaired) electrons. The number of hydrogen-bond acceptors (Lipinski definition) is 6. The van der Waals surface area contributed by atoms with Crippen LogP contribution in [0.5, 0.6) is 0 Å². The van der Waals surface area contributed by atoms with Crippen molar-refractivity contribution >= 4 is 27.3 Å². The largest absolute Gasteiger partial charge is 0.322 e. The van der Waals surface area contributed by atoms with Gasteiger partial charge in [-0.15, -0.1) is 5.10 Å². The average molecular weight is 477 g/mol. The van der Waals surface area contributed by atoms with Gasteiger partial charge in [0, 0.05) is 17.8 Å². The number of aromatic nitrogens is 4. The van der Waals surface area contributed by atoms with Crippen LogP contribution in [0.25, 0.3) is 5.69 Å². The monoisotopic (exact) mass is 476 g/mol. The van der Waals surface area contributed by atoms with E-state index in [2.05, 4.69) is 20.8 Å². The van der Waals surface area contributed by atoms with Crippen LogP contribution in [0, 0.1) is 0 Å². The number of unbranched alkanes of at least 4 members (excludes halogenated alkanes) is 1. The molecule has 0 atom stereocenters. The lowest BCUT2D eigenvalue weighted by Gasteiger charge is -2.24. The van der Waals surface area contributed by atoms with Gasteiger partial charge in [-0.05, 0) is 71.4 Å². The van der Waals surface area contributed by atoms with Crippen LogP contribution in [-0.2, 0) is 10.0 Å². The molecular formula is C24H24N6O3S. The first-order valence-corrected chi connectivity index (χ1v) is 12.3. The van der Waals surface area contributed by atoms with Gasteiger partial charge in [-0.1, -0.05) is 37.6 Å². The van der Waals surface area contributed by atoms with E-state index in [0.29, 0.717) is 17.9 Å². The second-order valence-corrected chi connectivity index (χ2v) is 9.41. The van der Waals surface area contributed by atoms with Crippen LogP contribution in [0.15, 0.2) is 90.1 Å². The maximum absolute atomic E-state index is 13.5. The van der Waals surface area contributed by atoms with Crippen molar-refractivity contribution in [1.82, 2.24) is 20.2 Å². The van der Waals surface area contributed by atoms with Crippen molar-refractivity contribution < 1.29 is 13.2 Å². The molecule has 0 aliphatic heterocycles. The molecule has 10 heteroatoms. The number of rotatable bonds is 9. The minimum absolute atomic E-state index is 0.0640. The third-order valence-corrected chi connectivity index (χ3v) is 7.01. The zero-order chi connectivity index (χ0) is 24.0. The van der Waals surface area contributed by atoms with Crippen molar-refractivity contribution in [3.63, 3.8) is 0 Å². The van der Waals surface area contributed by atoms with Crippen molar-refractivity contribution in [3.05, 3.63) is 90.8 Å². The van der Waals surface area contributed by atoms with E-state index in [9.17, 15) is 13.2 Å². The van der Waals surface area contributed by atoms with Crippen molar-refractivity contribution in [2.75, 3.05) is 16.2 Å². The number of amides is 1. The summed E-state index contributed by atoms with van der Waals surface area (Å²) in [6, 6.07) is 22.0. The van der Waals surface area contributed by atoms with Crippen molar-refractivity contribution in [2.45, 2.75) is 24.7 Å². The van der Waals surface area contributed by atoms with Gasteiger partial charge in [-0.3, -0.25) is 9.10 Å². The highest BCUT2D eigenvalue weighted by Gasteiger charge is 2.25. The molecule has 0 unspecified atom stereocenters. The number of anilines is 2. The number of benzene rings is 3. The lowest BCUT2D eigenvalue weighted by Crippen LogP contribution is -2.32. The van der Waals surface area contributed by atoms with E-state index >= 15 is 0 Å². The fourth-order valence-corrected chi connectivity index (χ4v) is 4.94. The lowest BCUT2D eigenvalue weighted by atomic mass is 10.2. The van der Waals surface area contributed by atoms with Crippen molar-refractivity contribution in [1.29, 1.82) is 0 Å². The molecule has 1 N–H and O–H groups in total. The van der Waals surface area contributed by atoms with Gasteiger partial charge in [0.15, 0.2) is 0 Å². The van der Waals surface area contributed by atoms with Crippen LogP contribution >= 0.6 is 0 Å². The predicted molar refractivity (Wildman–Crippen MR) is 129 cm³/mol. The first-order valence-electron chi connectivity index (χ1n) is 10.8. The molecule has 1 aromatic heterocycles. The Kier molecular flexibility index (Phi) is 6.98. The van der Waals surface area contributed by atoms with Crippen LogP contribution in [0.1, 0.15) is 30.1 Å². The summed E-state index contributed by atoms with van der Waals surface area (Å²) in [5.74, 6) is -0.410. The molecule has 0 aliphatic carbocycles. The molecule has 0 bridgehead atoms. The van der Waals surface area contributed by atoms with E-state index in [-0.39, 0.29) is 10.5 Å². The summed E-state index contributed by atoms with van der Waals surface area (Å²) in [6.07, 6.45) is 3.04. The molecular weight excluding hydrogens is 452 g/mol. The highest BCUT2D eigenvalue weighted by atomic mass is 32.2. The molecule has 9 nitrogen and oxygen atoms in total. The Morgan fingerprint density at radius 1 is 1.00 bits per heavy atom. The fraction of sp³-hybridized carbons (Fsp3) is 0.167. The zero-order valence-corrected chi connectivity index (χ0v) is 19.4. The fourth-order valence-electron chi connectivity index (χ4n) is 3.39. The van der Waals surface area contributed by atoms with Gasteiger partial charge < -0.3 is 5.32 Å². The summed E-state index contributed by atoms with van der Waals surface area (Å²) in [6.45, 7) is 2.36. The topological polar surface area (TPSA) is 110 Å². The van der Waals surface area contributed by atoms with Gasteiger partial charge in [-0.2, -0.15) is 0 Å². The smallest absolute Gasteiger partial charge is 0.264 e. The molecule has 3 aromatic carbocycles. The Bertz CT molecular complexity index is 1340. The van der Waals surface area contributed by atoms with E-state index < -0.39 is 15.9 Å². The van der Waals surface area contributed by atoms with E-state index in [0.717, 1.165) is 18.5 Å². The minimum Gasteiger partial charge on any atom is -0.322 e. The van der Waals surface area contributed by atoms with E-state index in [4.69, 9.17) is 0 Å². The zero-order valence-electron chi connectivity index (χ0n) is 18.6. The van der Waals surface area contributed by atoms with Gasteiger partial charge in [0.05, 0.1) is 16.3 Å². The molecule has 0 fully saturated rings. The molecule has 4 aromatic rings. The van der Waals surface area contributed by atoms with Gasteiger partial charge >= 0.3 is 0 Å². The first-order chi connectivity index (χ1) is 16.5. The molecule has 0 aliphatic rings. The maximum Gasteiger partial charge on any atom is 0.264 e. The van der Waals surface area contributed by atoms with Gasteiger partial charge in [0.2, 0.25) is 0 Å². The van der Waals surface area contributed by atoms with Gasteiger partial charge in [0.25, 0.3) is 15.9 Å². The number of sulfonamides is 1. The summed E-state index contributed by atoms with van der Waals surface area (Å²) in [5, 5.41) is 13.8. The molecule has 0 spiro atoms. The Hall–Kier alpha value is -4.05. The SMILES string of the molecule is CCCCN(c1ccccc1)S(=O)(=O)c1cccc(C(=O)Nc2ccc(-n3cnnn3)cc2)c1. The molecule has 0 saturated heterocycles. The van der Waals surface area contributed by atoms with E-state index in [1.54, 1.807) is 60.7 Å². The molecule has 1 heterocycles. The molecule has 174 valence electrons. The van der Waals surface area contributed by atoms with Gasteiger partial charge in [-0.25, -0.2) is 13.1 Å². The lowest BCUT2D eigenvalue weighted by molar-refractivity contribution is 0.102. The molecule has 4 rings (SSSR count). The Balaban J connectivity index is 1.56. The highest BCUT2D eigenvalue weighted by Crippen LogP contribution is 2.25. The highest BCUT2D eigenvalue weighted by molar-refractivity contribution is 7.92. The number of tetrazole rings is 1. The Morgan fingerprint density at radius 3 is 2.44 bits per heavy atom. The summed E-state index contributed by atoms with van der Waals surface area (Å²) in [7, 11) is -3.85. The third-order valence-electron chi connectivity index (χ3n) is 5.18. The van der Waals surface area contributed by atoms with E-state index in [1.165, 1.54) is 27.4 Å². The van der Waals surface area contributed by atoms with Gasteiger partial charge in [0.1, 0.15) is 6.33 Å². The number of carbonyl (C=O) groups is 1. The number of hydrogen-bond donors (Lipinski definition) is 1. The van der Waals surface area contributed by atoms with Crippen LogP contribution in [0.2, 0.25) is 0 Å². The second kappa shape index (κ2) is 10.3. The van der Waals surface area contributed by atoms with Crippen LogP contribution in [0.3, 0.4) is 0 Å². The summed E-state index contributed by atoms with van der Waals surface area (Å²) >= 11 is 0.